The number of aromatic nitrogens is 3. The Morgan fingerprint density at radius 2 is 2.08 bits per heavy atom. The second-order valence-corrected chi connectivity index (χ2v) is 8.47. The Balaban J connectivity index is 1.78. The number of carbonyl (C=O) groups excluding carboxylic acids is 1. The molecule has 25 heavy (non-hydrogen) atoms. The first kappa shape index (κ1) is 16.5. The minimum absolute atomic E-state index is 0.00207. The number of carbonyl (C=O) groups is 1. The van der Waals surface area contributed by atoms with Crippen LogP contribution in [-0.2, 0) is 5.54 Å². The van der Waals surface area contributed by atoms with E-state index in [0.29, 0.717) is 11.8 Å². The van der Waals surface area contributed by atoms with E-state index in [1.807, 2.05) is 17.7 Å². The molecule has 1 saturated heterocycles. The second kappa shape index (κ2) is 5.80. The fourth-order valence-corrected chi connectivity index (χ4v) is 3.37. The van der Waals surface area contributed by atoms with Crippen LogP contribution in [0.3, 0.4) is 0 Å². The second-order valence-electron chi connectivity index (χ2n) is 8.47. The van der Waals surface area contributed by atoms with Crippen molar-refractivity contribution in [1.82, 2.24) is 25.4 Å². The van der Waals surface area contributed by atoms with Crippen molar-refractivity contribution in [3.63, 3.8) is 0 Å². The molecule has 2 fully saturated rings. The van der Waals surface area contributed by atoms with Gasteiger partial charge in [0.2, 0.25) is 0 Å². The number of fused-ring (bicyclic) bond motifs is 1. The van der Waals surface area contributed by atoms with E-state index in [9.17, 15) is 4.79 Å². The number of nitrogens with one attached hydrogen (secondary N) is 2. The van der Waals surface area contributed by atoms with E-state index < -0.39 is 0 Å². The molecule has 1 saturated carbocycles. The number of rotatable bonds is 4. The summed E-state index contributed by atoms with van der Waals surface area (Å²) in [5.41, 5.74) is 3.30. The molecule has 2 aromatic rings. The average molecular weight is 341 g/mol. The van der Waals surface area contributed by atoms with Crippen molar-refractivity contribution >= 4 is 16.9 Å². The van der Waals surface area contributed by atoms with Crippen molar-refractivity contribution in [3.8, 4) is 0 Å². The van der Waals surface area contributed by atoms with Crippen LogP contribution in [0, 0.1) is 12.8 Å². The van der Waals surface area contributed by atoms with Gasteiger partial charge in [0.1, 0.15) is 0 Å². The average Bonchev–Trinajstić information content (AvgIpc) is 3.28. The van der Waals surface area contributed by atoms with Crippen molar-refractivity contribution in [1.29, 1.82) is 0 Å². The maximum absolute atomic E-state index is 12.9. The Bertz CT molecular complexity index is 824. The van der Waals surface area contributed by atoms with Crippen LogP contribution in [0.4, 0.5) is 0 Å². The molecule has 3 heterocycles. The maximum Gasteiger partial charge on any atom is 0.252 e. The molecular weight excluding hydrogens is 314 g/mol. The van der Waals surface area contributed by atoms with Crippen molar-refractivity contribution in [2.75, 3.05) is 19.6 Å². The summed E-state index contributed by atoms with van der Waals surface area (Å²) in [5.74, 6) is 1.04. The molecule has 0 bridgehead atoms. The van der Waals surface area contributed by atoms with E-state index >= 15 is 0 Å². The van der Waals surface area contributed by atoms with Gasteiger partial charge in [0.15, 0.2) is 5.65 Å². The summed E-state index contributed by atoms with van der Waals surface area (Å²) >= 11 is 0. The molecule has 6 heteroatoms. The highest BCUT2D eigenvalue weighted by Gasteiger charge is 2.30. The van der Waals surface area contributed by atoms with Crippen LogP contribution in [0.15, 0.2) is 6.07 Å². The quantitative estimate of drug-likeness (QED) is 0.895. The predicted octanol–water partition coefficient (Wildman–Crippen LogP) is 2.32. The zero-order valence-electron chi connectivity index (χ0n) is 15.5. The third-order valence-electron chi connectivity index (χ3n) is 5.13. The van der Waals surface area contributed by atoms with Gasteiger partial charge in [-0.1, -0.05) is 0 Å². The highest BCUT2D eigenvalue weighted by Crippen LogP contribution is 2.40. The van der Waals surface area contributed by atoms with E-state index in [2.05, 4.69) is 31.4 Å². The van der Waals surface area contributed by atoms with Gasteiger partial charge < -0.3 is 10.6 Å². The zero-order valence-corrected chi connectivity index (χ0v) is 15.5. The van der Waals surface area contributed by atoms with Gasteiger partial charge in [-0.3, -0.25) is 4.79 Å². The van der Waals surface area contributed by atoms with Crippen LogP contribution >= 0.6 is 0 Å². The Morgan fingerprint density at radius 1 is 1.36 bits per heavy atom. The molecule has 0 aromatic carbocycles. The van der Waals surface area contributed by atoms with Crippen molar-refractivity contribution in [3.05, 3.63) is 23.0 Å². The van der Waals surface area contributed by atoms with Crippen molar-refractivity contribution in [2.24, 2.45) is 5.92 Å². The smallest absolute Gasteiger partial charge is 0.252 e. The highest BCUT2D eigenvalue weighted by atomic mass is 16.1. The number of hydrogen-bond donors (Lipinski definition) is 2. The predicted molar refractivity (Wildman–Crippen MR) is 97.9 cm³/mol. The van der Waals surface area contributed by atoms with Crippen LogP contribution < -0.4 is 10.6 Å². The lowest BCUT2D eigenvalue weighted by atomic mass is 10.0. The van der Waals surface area contributed by atoms with E-state index in [4.69, 9.17) is 10.1 Å². The lowest BCUT2D eigenvalue weighted by molar-refractivity contribution is 0.0943. The number of nitrogens with zero attached hydrogens (tertiary/aromatic N) is 3. The minimum atomic E-state index is -0.174. The third-order valence-corrected chi connectivity index (χ3v) is 5.13. The standard InChI is InChI=1S/C19H27N5O/c1-11-16-14(18(25)21-10-12-8-20-9-12)7-15(13-5-6-13)22-17(16)24(23-11)19(2,3)4/h7,12-13,20H,5-6,8-10H2,1-4H3,(H,21,25). The van der Waals surface area contributed by atoms with Gasteiger partial charge in [0.05, 0.1) is 22.2 Å². The highest BCUT2D eigenvalue weighted by molar-refractivity contribution is 6.06. The van der Waals surface area contributed by atoms with E-state index in [0.717, 1.165) is 60.5 Å². The summed E-state index contributed by atoms with van der Waals surface area (Å²) in [5, 5.41) is 12.0. The Kier molecular flexibility index (Phi) is 3.83. The number of amides is 1. The zero-order chi connectivity index (χ0) is 17.8. The van der Waals surface area contributed by atoms with Gasteiger partial charge in [0, 0.05) is 37.2 Å². The Hall–Kier alpha value is -1.95. The molecular formula is C19H27N5O. The topological polar surface area (TPSA) is 71.8 Å². The lowest BCUT2D eigenvalue weighted by Gasteiger charge is -2.27. The molecule has 1 aliphatic heterocycles. The van der Waals surface area contributed by atoms with Crippen LogP contribution in [0.1, 0.15) is 61.3 Å². The molecule has 1 amide bonds. The van der Waals surface area contributed by atoms with E-state index in [1.165, 1.54) is 0 Å². The van der Waals surface area contributed by atoms with Crippen LogP contribution in [0.25, 0.3) is 11.0 Å². The normalized spacial score (nSPS) is 18.4. The summed E-state index contributed by atoms with van der Waals surface area (Å²) in [6.45, 7) is 11.0. The number of hydrogen-bond acceptors (Lipinski definition) is 4. The molecule has 0 spiro atoms. The SMILES string of the molecule is Cc1nn(C(C)(C)C)c2nc(C3CC3)cc(C(=O)NCC3CNC3)c12. The molecule has 1 aliphatic carbocycles. The molecule has 4 rings (SSSR count). The fourth-order valence-electron chi connectivity index (χ4n) is 3.37. The lowest BCUT2D eigenvalue weighted by Crippen LogP contribution is -2.48. The first-order chi connectivity index (χ1) is 11.8. The first-order valence-electron chi connectivity index (χ1n) is 9.24. The van der Waals surface area contributed by atoms with E-state index in [1.54, 1.807) is 0 Å². The summed E-state index contributed by atoms with van der Waals surface area (Å²) in [6, 6.07) is 2.00. The van der Waals surface area contributed by atoms with Gasteiger partial charge in [-0.05, 0) is 46.6 Å². The van der Waals surface area contributed by atoms with Crippen LogP contribution in [0.2, 0.25) is 0 Å². The molecule has 134 valence electrons. The monoisotopic (exact) mass is 341 g/mol. The number of aryl methyl sites for hydroxylation is 1. The van der Waals surface area contributed by atoms with Crippen molar-refractivity contribution in [2.45, 2.75) is 52.0 Å². The summed E-state index contributed by atoms with van der Waals surface area (Å²) in [7, 11) is 0. The first-order valence-corrected chi connectivity index (χ1v) is 9.24. The summed E-state index contributed by atoms with van der Waals surface area (Å²) in [6.07, 6.45) is 2.33. The summed E-state index contributed by atoms with van der Waals surface area (Å²) < 4.78 is 1.97. The van der Waals surface area contributed by atoms with Gasteiger partial charge in [-0.25, -0.2) is 9.67 Å². The van der Waals surface area contributed by atoms with Gasteiger partial charge in [-0.2, -0.15) is 5.10 Å². The van der Waals surface area contributed by atoms with Crippen LogP contribution in [-0.4, -0.2) is 40.3 Å². The van der Waals surface area contributed by atoms with Crippen LogP contribution in [0.5, 0.6) is 0 Å². The molecule has 0 radical (unpaired) electrons. The van der Waals surface area contributed by atoms with Gasteiger partial charge >= 0.3 is 0 Å². The molecule has 0 unspecified atom stereocenters. The molecule has 0 atom stereocenters. The van der Waals surface area contributed by atoms with E-state index in [-0.39, 0.29) is 11.4 Å². The Labute approximate surface area is 148 Å². The largest absolute Gasteiger partial charge is 0.352 e. The van der Waals surface area contributed by atoms with Gasteiger partial charge in [0.25, 0.3) is 5.91 Å². The molecule has 2 aromatic heterocycles. The number of pyridine rings is 1. The maximum atomic E-state index is 12.9. The minimum Gasteiger partial charge on any atom is -0.352 e. The molecule has 6 nitrogen and oxygen atoms in total. The molecule has 2 N–H and O–H groups in total. The Morgan fingerprint density at radius 3 is 2.64 bits per heavy atom. The van der Waals surface area contributed by atoms with Gasteiger partial charge in [-0.15, -0.1) is 0 Å². The summed E-state index contributed by atoms with van der Waals surface area (Å²) in [4.78, 5) is 17.8. The fraction of sp³-hybridized carbons (Fsp3) is 0.632. The third kappa shape index (κ3) is 3.03. The molecule has 2 aliphatic rings. The van der Waals surface area contributed by atoms with Crippen molar-refractivity contribution < 1.29 is 4.79 Å².